The zero-order chi connectivity index (χ0) is 53.4. The summed E-state index contributed by atoms with van der Waals surface area (Å²) >= 11 is 1.58. The van der Waals surface area contributed by atoms with Gasteiger partial charge in [-0.05, 0) is 86.2 Å². The summed E-state index contributed by atoms with van der Waals surface area (Å²) in [4.78, 5) is 69.2. The van der Waals surface area contributed by atoms with Crippen LogP contribution in [0.15, 0.2) is 40.6 Å². The van der Waals surface area contributed by atoms with Crippen molar-refractivity contribution in [1.82, 2.24) is 50.7 Å². The average Bonchev–Trinajstić information content (AvgIpc) is 4.17. The number of nitrogen functional groups attached to an aromatic ring is 1. The molecule has 20 heteroatoms. The number of aliphatic hydroxyl groups is 2. The van der Waals surface area contributed by atoms with E-state index in [9.17, 15) is 29.4 Å². The molecule has 5 heterocycles. The Labute approximate surface area is 438 Å². The van der Waals surface area contributed by atoms with Crippen LogP contribution in [0.5, 0.6) is 5.75 Å². The molecular formula is C54H75N11O8S. The predicted octanol–water partition coefficient (Wildman–Crippen LogP) is 7.01. The fraction of sp³-hybridized carbons (Fsp3) is 0.574. The second kappa shape index (κ2) is 26.7. The number of aliphatic hydroxyl groups excluding tert-OH is 1. The van der Waals surface area contributed by atoms with E-state index in [2.05, 4.69) is 48.1 Å². The number of amides is 4. The first-order valence-electron chi connectivity index (χ1n) is 26.0. The van der Waals surface area contributed by atoms with E-state index in [0.29, 0.717) is 66.5 Å². The van der Waals surface area contributed by atoms with Crippen molar-refractivity contribution in [1.29, 1.82) is 0 Å². The summed E-state index contributed by atoms with van der Waals surface area (Å²) in [5, 5.41) is 37.4. The van der Waals surface area contributed by atoms with Gasteiger partial charge in [0.1, 0.15) is 34.4 Å². The number of aromatic nitrogens is 6. The van der Waals surface area contributed by atoms with Crippen LogP contribution in [0.25, 0.3) is 33.0 Å². The molecule has 1 saturated heterocycles. The molecule has 74 heavy (non-hydrogen) atoms. The number of aryl methyl sites for hydroxylation is 2. The first-order valence-corrected chi connectivity index (χ1v) is 26.9. The minimum atomic E-state index is -1.22. The van der Waals surface area contributed by atoms with Crippen molar-refractivity contribution in [3.8, 4) is 39.5 Å². The van der Waals surface area contributed by atoms with Crippen LogP contribution in [0, 0.1) is 24.2 Å². The first kappa shape index (κ1) is 56.9. The van der Waals surface area contributed by atoms with Crippen molar-refractivity contribution in [3.63, 3.8) is 0 Å². The van der Waals surface area contributed by atoms with Gasteiger partial charge >= 0.3 is 0 Å². The van der Waals surface area contributed by atoms with Gasteiger partial charge in [-0.15, -0.1) is 11.3 Å². The Kier molecular flexibility index (Phi) is 20.5. The summed E-state index contributed by atoms with van der Waals surface area (Å²) in [7, 11) is 0. The molecule has 1 fully saturated rings. The molecular weight excluding hydrogens is 963 g/mol. The lowest BCUT2D eigenvalue weighted by Gasteiger charge is -2.35. The maximum absolute atomic E-state index is 14.0. The van der Waals surface area contributed by atoms with Crippen molar-refractivity contribution in [2.75, 3.05) is 25.4 Å². The molecule has 400 valence electrons. The van der Waals surface area contributed by atoms with Crippen LogP contribution < -0.4 is 26.4 Å². The minimum absolute atomic E-state index is 0.0212. The summed E-state index contributed by atoms with van der Waals surface area (Å²) < 4.78 is 13.0. The summed E-state index contributed by atoms with van der Waals surface area (Å²) in [6, 6.07) is 6.20. The second-order valence-electron chi connectivity index (χ2n) is 20.7. The predicted molar refractivity (Wildman–Crippen MR) is 284 cm³/mol. The highest BCUT2D eigenvalue weighted by atomic mass is 32.1. The van der Waals surface area contributed by atoms with E-state index in [1.54, 1.807) is 31.4 Å². The van der Waals surface area contributed by atoms with E-state index in [4.69, 9.17) is 20.1 Å². The molecule has 0 aliphatic carbocycles. The van der Waals surface area contributed by atoms with Crippen LogP contribution in [0.1, 0.15) is 148 Å². The highest BCUT2D eigenvalue weighted by Gasteiger charge is 2.44. The van der Waals surface area contributed by atoms with Gasteiger partial charge in [0.05, 0.1) is 35.0 Å². The Bertz CT molecular complexity index is 2730. The summed E-state index contributed by atoms with van der Waals surface area (Å²) in [6.45, 7) is 14.7. The highest BCUT2D eigenvalue weighted by molar-refractivity contribution is 7.13. The smallest absolute Gasteiger partial charge is 0.246 e. The van der Waals surface area contributed by atoms with Crippen LogP contribution >= 0.6 is 11.3 Å². The number of thiazole rings is 1. The number of carbonyl (C=O) groups excluding carboxylic acids is 4. The van der Waals surface area contributed by atoms with Gasteiger partial charge in [0, 0.05) is 45.4 Å². The minimum Gasteiger partial charge on any atom is -0.490 e. The zero-order valence-electron chi connectivity index (χ0n) is 44.1. The molecule has 1 aliphatic rings. The number of hydrogen-bond donors (Lipinski definition) is 6. The van der Waals surface area contributed by atoms with Crippen molar-refractivity contribution < 1.29 is 38.8 Å². The standard InChI is InChI=1S/C54H75N11O8S/c1-8-64-46-41(32-57-39(26-27-54(6,7)71)44(46)61-50(64)45-49(55)63-73-62-45)72-29-19-15-11-13-16-20-42(67)56-28-18-14-10-9-12-17-21-43(68)60-48(53(3,4)5)52(70)65-33-38(66)30-40(65)51(69)58-31-36-22-24-37(25-23-36)47-35(2)59-34-74-47/h22-25,32,34,38,40,48,66,71H,8-21,28-31,33H2,1-7H3,(H2,55,63)(H,56,67)(H,58,69)(H,60,68)/t38-,40+,48-/m1/s1. The van der Waals surface area contributed by atoms with Crippen LogP contribution in [0.2, 0.25) is 0 Å². The monoisotopic (exact) mass is 1040 g/mol. The Hall–Kier alpha value is -6.43. The quantitative estimate of drug-likeness (QED) is 0.0240. The molecule has 4 aromatic heterocycles. The Morgan fingerprint density at radius 1 is 0.919 bits per heavy atom. The van der Waals surface area contributed by atoms with Crippen LogP contribution in [0.4, 0.5) is 5.82 Å². The maximum Gasteiger partial charge on any atom is 0.246 e. The largest absolute Gasteiger partial charge is 0.490 e. The topological polar surface area (TPSA) is 266 Å². The van der Waals surface area contributed by atoms with Gasteiger partial charge in [-0.3, -0.25) is 19.2 Å². The van der Waals surface area contributed by atoms with Gasteiger partial charge in [-0.2, -0.15) is 0 Å². The number of rotatable bonds is 26. The Balaban J connectivity index is 0.814. The number of fused-ring (bicyclic) bond motifs is 1. The van der Waals surface area contributed by atoms with Crippen molar-refractivity contribution >= 4 is 51.8 Å². The number of benzene rings is 1. The third-order valence-electron chi connectivity index (χ3n) is 12.9. The van der Waals surface area contributed by atoms with E-state index >= 15 is 0 Å². The number of nitrogens with one attached hydrogen (secondary N) is 3. The second-order valence-corrected chi connectivity index (χ2v) is 21.5. The van der Waals surface area contributed by atoms with Crippen molar-refractivity contribution in [3.05, 3.63) is 52.9 Å². The Morgan fingerprint density at radius 2 is 1.59 bits per heavy atom. The molecule has 5 aromatic rings. The van der Waals surface area contributed by atoms with Gasteiger partial charge in [-0.1, -0.05) is 95.9 Å². The molecule has 1 aliphatic heterocycles. The number of pyridine rings is 1. The van der Waals surface area contributed by atoms with E-state index in [1.807, 2.05) is 69.0 Å². The molecule has 3 atom stereocenters. The number of anilines is 1. The Morgan fingerprint density at radius 3 is 2.23 bits per heavy atom. The van der Waals surface area contributed by atoms with Gasteiger partial charge in [0.25, 0.3) is 0 Å². The summed E-state index contributed by atoms with van der Waals surface area (Å²) in [5.74, 6) is 5.98. The lowest BCUT2D eigenvalue weighted by Crippen LogP contribution is -2.57. The molecule has 19 nitrogen and oxygen atoms in total. The number of likely N-dealkylation sites (tertiary alicyclic amines) is 1. The molecule has 6 rings (SSSR count). The number of β-amino-alcohol motifs (C(OH)–C–C–N with tert-alkyl or cyclic N) is 1. The van der Waals surface area contributed by atoms with Crippen LogP contribution in [0.3, 0.4) is 0 Å². The van der Waals surface area contributed by atoms with Gasteiger partial charge < -0.3 is 46.1 Å². The van der Waals surface area contributed by atoms with E-state index < -0.39 is 29.2 Å². The number of nitrogens with two attached hydrogens (primary N) is 1. The summed E-state index contributed by atoms with van der Waals surface area (Å²) in [5.41, 5.74) is 10.8. The fourth-order valence-electron chi connectivity index (χ4n) is 8.91. The maximum atomic E-state index is 14.0. The molecule has 1 aromatic carbocycles. The van der Waals surface area contributed by atoms with Crippen molar-refractivity contribution in [2.45, 2.75) is 175 Å². The van der Waals surface area contributed by atoms with E-state index in [0.717, 1.165) is 85.9 Å². The molecule has 0 bridgehead atoms. The number of imidazole rings is 1. The molecule has 0 unspecified atom stereocenters. The lowest BCUT2D eigenvalue weighted by atomic mass is 9.85. The van der Waals surface area contributed by atoms with Crippen LogP contribution in [-0.2, 0) is 32.3 Å². The third-order valence-corrected chi connectivity index (χ3v) is 13.9. The average molecular weight is 1040 g/mol. The normalized spacial score (nSPS) is 15.2. The molecule has 0 spiro atoms. The van der Waals surface area contributed by atoms with E-state index in [1.165, 1.54) is 4.90 Å². The van der Waals surface area contributed by atoms with Crippen molar-refractivity contribution in [2.24, 2.45) is 5.41 Å². The zero-order valence-corrected chi connectivity index (χ0v) is 44.9. The molecule has 0 saturated carbocycles. The number of nitrogens with zero attached hydrogens (tertiary/aromatic N) is 7. The fourth-order valence-corrected chi connectivity index (χ4v) is 9.72. The highest BCUT2D eigenvalue weighted by Crippen LogP contribution is 2.34. The SMILES string of the molecule is CCn1c(-c2nonc2N)nc2c(C#CC(C)(C)O)ncc(OCCCCCCCC(=O)NCCCCCCCCC(=O)N[C@H](C(=O)N3C[C@H](O)C[C@H]3C(=O)NCc3ccc(-c4scnc4C)cc3)C(C)(C)C)c21. The van der Waals surface area contributed by atoms with Gasteiger partial charge in [0.2, 0.25) is 23.6 Å². The molecule has 4 amide bonds. The molecule has 7 N–H and O–H groups in total. The number of hydrogen-bond acceptors (Lipinski definition) is 15. The molecule has 0 radical (unpaired) electrons. The summed E-state index contributed by atoms with van der Waals surface area (Å²) in [6.07, 6.45) is 11.5. The lowest BCUT2D eigenvalue weighted by molar-refractivity contribution is -0.144. The first-order chi connectivity index (χ1) is 35.3. The van der Waals surface area contributed by atoms with Crippen LogP contribution in [-0.4, -0.2) is 112 Å². The van der Waals surface area contributed by atoms with Gasteiger partial charge in [0.15, 0.2) is 23.1 Å². The third kappa shape index (κ3) is 16.0. The van der Waals surface area contributed by atoms with Gasteiger partial charge in [-0.25, -0.2) is 19.6 Å². The number of ether oxygens (including phenoxy) is 1. The number of carbonyl (C=O) groups is 4. The number of unbranched alkanes of at least 4 members (excludes halogenated alkanes) is 9. The van der Waals surface area contributed by atoms with E-state index in [-0.39, 0.29) is 55.4 Å².